The van der Waals surface area contributed by atoms with E-state index >= 15 is 0 Å². The fourth-order valence-electron chi connectivity index (χ4n) is 2.66. The van der Waals surface area contributed by atoms with Crippen molar-refractivity contribution in [1.82, 2.24) is 14.5 Å². The maximum atomic E-state index is 14.0. The average molecular weight is 304 g/mol. The molecule has 1 saturated heterocycles. The van der Waals surface area contributed by atoms with Crippen LogP contribution in [0.2, 0.25) is 0 Å². The number of halogens is 1. The van der Waals surface area contributed by atoms with E-state index in [0.717, 1.165) is 0 Å². The minimum atomic E-state index is -0.818. The van der Waals surface area contributed by atoms with Gasteiger partial charge in [0, 0.05) is 38.6 Å². The van der Waals surface area contributed by atoms with Gasteiger partial charge in [-0.15, -0.1) is 0 Å². The Morgan fingerprint density at radius 2 is 1.95 bits per heavy atom. The van der Waals surface area contributed by atoms with Crippen molar-refractivity contribution in [3.05, 3.63) is 42.5 Å². The first kappa shape index (κ1) is 14.5. The van der Waals surface area contributed by atoms with Crippen LogP contribution in [0.3, 0.4) is 0 Å². The second-order valence-corrected chi connectivity index (χ2v) is 5.21. The lowest BCUT2D eigenvalue weighted by Gasteiger charge is -2.34. The molecule has 0 radical (unpaired) electrons. The molecule has 0 bridgehead atoms. The molecule has 1 aromatic carbocycles. The maximum absolute atomic E-state index is 14.0. The summed E-state index contributed by atoms with van der Waals surface area (Å²) in [7, 11) is 0. The van der Waals surface area contributed by atoms with Crippen LogP contribution in [-0.4, -0.2) is 58.3 Å². The molecule has 1 aliphatic rings. The Hall–Kier alpha value is -2.41. The number of aliphatic carboxylic acids is 1. The number of carboxylic acids is 1. The van der Waals surface area contributed by atoms with Gasteiger partial charge in [-0.25, -0.2) is 9.37 Å². The van der Waals surface area contributed by atoms with Crippen molar-refractivity contribution >= 4 is 11.9 Å². The fraction of sp³-hybridized carbons (Fsp3) is 0.333. The molecule has 3 rings (SSSR count). The molecular weight excluding hydrogens is 287 g/mol. The van der Waals surface area contributed by atoms with Crippen molar-refractivity contribution in [3.8, 4) is 5.69 Å². The van der Waals surface area contributed by atoms with Gasteiger partial charge in [0.05, 0.1) is 12.2 Å². The standard InChI is InChI=1S/C15H17FN4O2/c16-12-3-1-2-4-13(12)20-6-5-17-15(20)19-9-7-18(8-10-19)11-14(21)22/h1-6H,7-11H2,(H,21,22). The molecular formula is C15H17FN4O2. The lowest BCUT2D eigenvalue weighted by Crippen LogP contribution is -2.48. The quantitative estimate of drug-likeness (QED) is 0.920. The normalized spacial score (nSPS) is 16.0. The number of anilines is 1. The Morgan fingerprint density at radius 3 is 2.64 bits per heavy atom. The van der Waals surface area contributed by atoms with E-state index in [1.165, 1.54) is 6.07 Å². The molecule has 2 aromatic rings. The summed E-state index contributed by atoms with van der Waals surface area (Å²) >= 11 is 0. The van der Waals surface area contributed by atoms with Gasteiger partial charge in [0.1, 0.15) is 5.82 Å². The molecule has 1 aliphatic heterocycles. The topological polar surface area (TPSA) is 61.6 Å². The van der Waals surface area contributed by atoms with E-state index in [2.05, 4.69) is 4.98 Å². The number of imidazole rings is 1. The summed E-state index contributed by atoms with van der Waals surface area (Å²) in [4.78, 5) is 19.0. The summed E-state index contributed by atoms with van der Waals surface area (Å²) in [5, 5.41) is 8.83. The van der Waals surface area contributed by atoms with Crippen LogP contribution in [0.25, 0.3) is 5.69 Å². The summed E-state index contributed by atoms with van der Waals surface area (Å²) in [5.41, 5.74) is 0.461. The van der Waals surface area contributed by atoms with E-state index in [1.807, 2.05) is 9.80 Å². The summed E-state index contributed by atoms with van der Waals surface area (Å²) in [5.74, 6) is -0.437. The molecule has 1 N–H and O–H groups in total. The molecule has 0 saturated carbocycles. The molecule has 7 heteroatoms. The van der Waals surface area contributed by atoms with Crippen LogP contribution in [0.15, 0.2) is 36.7 Å². The first-order valence-corrected chi connectivity index (χ1v) is 7.12. The van der Waals surface area contributed by atoms with Gasteiger partial charge < -0.3 is 10.0 Å². The van der Waals surface area contributed by atoms with E-state index in [4.69, 9.17) is 5.11 Å². The highest BCUT2D eigenvalue weighted by atomic mass is 19.1. The molecule has 6 nitrogen and oxygen atoms in total. The molecule has 0 atom stereocenters. The van der Waals surface area contributed by atoms with Gasteiger partial charge in [0.15, 0.2) is 0 Å². The summed E-state index contributed by atoms with van der Waals surface area (Å²) in [6.07, 6.45) is 3.38. The Balaban J connectivity index is 1.77. The third-order valence-electron chi connectivity index (χ3n) is 3.75. The number of para-hydroxylation sites is 1. The molecule has 1 fully saturated rings. The zero-order valence-electron chi connectivity index (χ0n) is 12.0. The monoisotopic (exact) mass is 304 g/mol. The number of carbonyl (C=O) groups is 1. The van der Waals surface area contributed by atoms with Gasteiger partial charge in [0.25, 0.3) is 0 Å². The van der Waals surface area contributed by atoms with Crippen molar-refractivity contribution in [2.75, 3.05) is 37.6 Å². The predicted octanol–water partition coefficient (Wildman–Crippen LogP) is 1.22. The number of hydrogen-bond donors (Lipinski definition) is 1. The second kappa shape index (κ2) is 6.15. The van der Waals surface area contributed by atoms with Gasteiger partial charge in [-0.2, -0.15) is 0 Å². The van der Waals surface area contributed by atoms with Gasteiger partial charge >= 0.3 is 5.97 Å². The highest BCUT2D eigenvalue weighted by Gasteiger charge is 2.22. The Bertz CT molecular complexity index is 665. The summed E-state index contributed by atoms with van der Waals surface area (Å²) in [6.45, 7) is 2.68. The number of piperazine rings is 1. The smallest absolute Gasteiger partial charge is 0.317 e. The highest BCUT2D eigenvalue weighted by molar-refractivity contribution is 5.69. The lowest BCUT2D eigenvalue weighted by molar-refractivity contribution is -0.138. The average Bonchev–Trinajstić information content (AvgIpc) is 2.97. The molecule has 0 spiro atoms. The van der Waals surface area contributed by atoms with Crippen LogP contribution in [-0.2, 0) is 4.79 Å². The first-order chi connectivity index (χ1) is 10.6. The number of nitrogens with zero attached hydrogens (tertiary/aromatic N) is 4. The van der Waals surface area contributed by atoms with Crippen molar-refractivity contribution in [2.45, 2.75) is 0 Å². The van der Waals surface area contributed by atoms with Crippen LogP contribution < -0.4 is 4.90 Å². The molecule has 116 valence electrons. The minimum Gasteiger partial charge on any atom is -0.480 e. The van der Waals surface area contributed by atoms with E-state index in [9.17, 15) is 9.18 Å². The number of hydrogen-bond acceptors (Lipinski definition) is 4. The van der Waals surface area contributed by atoms with E-state index in [-0.39, 0.29) is 12.4 Å². The zero-order valence-corrected chi connectivity index (χ0v) is 12.0. The van der Waals surface area contributed by atoms with Crippen molar-refractivity contribution in [2.24, 2.45) is 0 Å². The van der Waals surface area contributed by atoms with Crippen LogP contribution in [0.1, 0.15) is 0 Å². The van der Waals surface area contributed by atoms with E-state index in [0.29, 0.717) is 37.8 Å². The number of benzene rings is 1. The van der Waals surface area contributed by atoms with E-state index in [1.54, 1.807) is 35.2 Å². The molecule has 0 unspecified atom stereocenters. The van der Waals surface area contributed by atoms with Gasteiger partial charge in [-0.05, 0) is 12.1 Å². The third kappa shape index (κ3) is 2.94. The Morgan fingerprint density at radius 1 is 1.23 bits per heavy atom. The van der Waals surface area contributed by atoms with Gasteiger partial charge in [-0.1, -0.05) is 12.1 Å². The summed E-state index contributed by atoms with van der Waals surface area (Å²) in [6, 6.07) is 6.57. The van der Waals surface area contributed by atoms with E-state index < -0.39 is 5.97 Å². The maximum Gasteiger partial charge on any atom is 0.317 e. The highest BCUT2D eigenvalue weighted by Crippen LogP contribution is 2.21. The number of rotatable bonds is 4. The molecule has 0 amide bonds. The van der Waals surface area contributed by atoms with Crippen LogP contribution in [0, 0.1) is 5.82 Å². The van der Waals surface area contributed by atoms with Crippen molar-refractivity contribution in [1.29, 1.82) is 0 Å². The second-order valence-electron chi connectivity index (χ2n) is 5.21. The first-order valence-electron chi connectivity index (χ1n) is 7.12. The van der Waals surface area contributed by atoms with Crippen LogP contribution in [0.5, 0.6) is 0 Å². The Kier molecular flexibility index (Phi) is 4.06. The fourth-order valence-corrected chi connectivity index (χ4v) is 2.66. The van der Waals surface area contributed by atoms with Crippen LogP contribution >= 0.6 is 0 Å². The van der Waals surface area contributed by atoms with Gasteiger partial charge in [-0.3, -0.25) is 14.3 Å². The Labute approximate surface area is 127 Å². The number of carboxylic acid groups (broad SMARTS) is 1. The lowest BCUT2D eigenvalue weighted by atomic mass is 10.3. The molecule has 0 aliphatic carbocycles. The third-order valence-corrected chi connectivity index (χ3v) is 3.75. The SMILES string of the molecule is O=C(O)CN1CCN(c2nccn2-c2ccccc2F)CC1. The predicted molar refractivity (Wildman–Crippen MR) is 79.8 cm³/mol. The molecule has 2 heterocycles. The summed E-state index contributed by atoms with van der Waals surface area (Å²) < 4.78 is 15.7. The zero-order chi connectivity index (χ0) is 15.5. The largest absolute Gasteiger partial charge is 0.480 e. The molecule has 1 aromatic heterocycles. The van der Waals surface area contributed by atoms with Crippen molar-refractivity contribution < 1.29 is 14.3 Å². The molecule has 22 heavy (non-hydrogen) atoms. The van der Waals surface area contributed by atoms with Crippen LogP contribution in [0.4, 0.5) is 10.3 Å². The van der Waals surface area contributed by atoms with Gasteiger partial charge in [0.2, 0.25) is 5.95 Å². The minimum absolute atomic E-state index is 0.0512. The number of aromatic nitrogens is 2. The van der Waals surface area contributed by atoms with Crippen molar-refractivity contribution in [3.63, 3.8) is 0 Å².